The van der Waals surface area contributed by atoms with Gasteiger partial charge in [-0.25, -0.2) is 9.37 Å². The summed E-state index contributed by atoms with van der Waals surface area (Å²) < 4.78 is 18.6. The smallest absolute Gasteiger partial charge is 0.275 e. The molecule has 0 spiro atoms. The summed E-state index contributed by atoms with van der Waals surface area (Å²) in [6, 6.07) is 13.3. The van der Waals surface area contributed by atoms with Crippen LogP contribution in [0.15, 0.2) is 53.9 Å². The summed E-state index contributed by atoms with van der Waals surface area (Å²) in [5.74, 6) is 0.611. The summed E-state index contributed by atoms with van der Waals surface area (Å²) in [6.45, 7) is 4.87. The van der Waals surface area contributed by atoms with Crippen LogP contribution in [0, 0.1) is 11.7 Å². The van der Waals surface area contributed by atoms with Gasteiger partial charge in [0.05, 0.1) is 6.61 Å². The van der Waals surface area contributed by atoms with Crippen LogP contribution in [0.3, 0.4) is 0 Å². The molecule has 1 amide bonds. The summed E-state index contributed by atoms with van der Waals surface area (Å²) in [7, 11) is 0. The number of anilines is 1. The van der Waals surface area contributed by atoms with E-state index in [9.17, 15) is 9.18 Å². The third-order valence-electron chi connectivity index (χ3n) is 3.52. The molecule has 0 unspecified atom stereocenters. The second-order valence-electron chi connectivity index (χ2n) is 6.23. The Morgan fingerprint density at radius 2 is 1.85 bits per heavy atom. The Kier molecular flexibility index (Phi) is 5.63. The fourth-order valence-electron chi connectivity index (χ4n) is 2.20. The number of hydrogen-bond donors (Lipinski definition) is 1. The van der Waals surface area contributed by atoms with E-state index in [4.69, 9.17) is 4.74 Å². The molecule has 0 saturated heterocycles. The van der Waals surface area contributed by atoms with Gasteiger partial charge >= 0.3 is 0 Å². The second-order valence-corrected chi connectivity index (χ2v) is 7.09. The molecule has 0 bridgehead atoms. The first kappa shape index (κ1) is 18.1. The average molecular weight is 370 g/mol. The first-order chi connectivity index (χ1) is 12.5. The maximum atomic E-state index is 12.9. The lowest BCUT2D eigenvalue weighted by Crippen LogP contribution is -2.12. The van der Waals surface area contributed by atoms with Crippen LogP contribution < -0.4 is 10.1 Å². The predicted octanol–water partition coefficient (Wildman–Crippen LogP) is 5.24. The quantitative estimate of drug-likeness (QED) is 0.646. The van der Waals surface area contributed by atoms with Gasteiger partial charge in [-0.3, -0.25) is 4.79 Å². The average Bonchev–Trinajstić information content (AvgIpc) is 3.12. The Balaban J connectivity index is 1.67. The molecule has 3 rings (SSSR count). The molecule has 1 heterocycles. The molecule has 0 radical (unpaired) electrons. The molecule has 134 valence electrons. The highest BCUT2D eigenvalue weighted by molar-refractivity contribution is 7.13. The molecule has 0 aliphatic rings. The molecule has 0 fully saturated rings. The second kappa shape index (κ2) is 8.10. The Hall–Kier alpha value is -2.73. The van der Waals surface area contributed by atoms with Gasteiger partial charge in [0.1, 0.15) is 22.3 Å². The van der Waals surface area contributed by atoms with Crippen LogP contribution >= 0.6 is 11.3 Å². The van der Waals surface area contributed by atoms with Crippen molar-refractivity contribution in [3.63, 3.8) is 0 Å². The minimum absolute atomic E-state index is 0.323. The number of carbonyl (C=O) groups excluding carboxylic acids is 1. The molecule has 4 nitrogen and oxygen atoms in total. The van der Waals surface area contributed by atoms with E-state index in [-0.39, 0.29) is 11.7 Å². The minimum atomic E-state index is -0.347. The van der Waals surface area contributed by atoms with Gasteiger partial charge in [0, 0.05) is 16.6 Å². The molecular weight excluding hydrogens is 351 g/mol. The number of aromatic nitrogens is 1. The van der Waals surface area contributed by atoms with E-state index in [2.05, 4.69) is 24.1 Å². The SMILES string of the molecule is CC(C)COc1ccc(-c2nc(C(=O)Nc3ccc(F)cc3)cs2)cc1. The highest BCUT2D eigenvalue weighted by Gasteiger charge is 2.12. The Bertz CT molecular complexity index is 874. The Labute approximate surface area is 155 Å². The number of amides is 1. The van der Waals surface area contributed by atoms with Crippen molar-refractivity contribution in [3.05, 3.63) is 65.4 Å². The zero-order valence-corrected chi connectivity index (χ0v) is 15.3. The Morgan fingerprint density at radius 1 is 1.15 bits per heavy atom. The maximum Gasteiger partial charge on any atom is 0.275 e. The summed E-state index contributed by atoms with van der Waals surface area (Å²) in [4.78, 5) is 16.7. The van der Waals surface area contributed by atoms with Crippen molar-refractivity contribution >= 4 is 22.9 Å². The number of thiazole rings is 1. The molecular formula is C20H19FN2O2S. The third-order valence-corrected chi connectivity index (χ3v) is 4.41. The van der Waals surface area contributed by atoms with Gasteiger partial charge in [-0.2, -0.15) is 0 Å². The number of ether oxygens (including phenoxy) is 1. The van der Waals surface area contributed by atoms with Crippen LogP contribution in [0.25, 0.3) is 10.6 Å². The number of hydrogen-bond acceptors (Lipinski definition) is 4. The highest BCUT2D eigenvalue weighted by Crippen LogP contribution is 2.26. The Morgan fingerprint density at radius 3 is 2.50 bits per heavy atom. The molecule has 1 aromatic heterocycles. The summed E-state index contributed by atoms with van der Waals surface area (Å²) in [5, 5.41) is 5.17. The monoisotopic (exact) mass is 370 g/mol. The molecule has 0 aliphatic carbocycles. The number of nitrogens with one attached hydrogen (secondary N) is 1. The van der Waals surface area contributed by atoms with Crippen molar-refractivity contribution in [2.45, 2.75) is 13.8 Å². The molecule has 1 N–H and O–H groups in total. The van der Waals surface area contributed by atoms with Crippen LogP contribution in [-0.2, 0) is 0 Å². The van der Waals surface area contributed by atoms with Crippen molar-refractivity contribution in [2.24, 2.45) is 5.92 Å². The first-order valence-electron chi connectivity index (χ1n) is 8.27. The van der Waals surface area contributed by atoms with E-state index in [1.165, 1.54) is 35.6 Å². The molecule has 3 aromatic rings. The molecule has 0 aliphatic heterocycles. The largest absolute Gasteiger partial charge is 0.493 e. The summed E-state index contributed by atoms with van der Waals surface area (Å²) in [6.07, 6.45) is 0. The lowest BCUT2D eigenvalue weighted by molar-refractivity contribution is 0.102. The van der Waals surface area contributed by atoms with Crippen LogP contribution in [0.2, 0.25) is 0 Å². The maximum absolute atomic E-state index is 12.9. The van der Waals surface area contributed by atoms with E-state index in [0.717, 1.165) is 16.3 Å². The zero-order valence-electron chi connectivity index (χ0n) is 14.5. The van der Waals surface area contributed by atoms with Crippen LogP contribution in [0.5, 0.6) is 5.75 Å². The van der Waals surface area contributed by atoms with Crippen LogP contribution in [-0.4, -0.2) is 17.5 Å². The third kappa shape index (κ3) is 4.67. The topological polar surface area (TPSA) is 51.2 Å². The lowest BCUT2D eigenvalue weighted by atomic mass is 10.2. The molecule has 0 saturated carbocycles. The van der Waals surface area contributed by atoms with Crippen molar-refractivity contribution in [2.75, 3.05) is 11.9 Å². The summed E-state index contributed by atoms with van der Waals surface area (Å²) >= 11 is 1.40. The van der Waals surface area contributed by atoms with E-state index in [1.54, 1.807) is 5.38 Å². The van der Waals surface area contributed by atoms with Crippen molar-refractivity contribution < 1.29 is 13.9 Å². The number of rotatable bonds is 6. The predicted molar refractivity (Wildman–Crippen MR) is 102 cm³/mol. The van der Waals surface area contributed by atoms with E-state index in [0.29, 0.717) is 23.9 Å². The van der Waals surface area contributed by atoms with Gasteiger partial charge in [0.15, 0.2) is 0 Å². The van der Waals surface area contributed by atoms with Gasteiger partial charge in [0.2, 0.25) is 0 Å². The normalized spacial score (nSPS) is 10.8. The van der Waals surface area contributed by atoms with Crippen LogP contribution in [0.4, 0.5) is 10.1 Å². The van der Waals surface area contributed by atoms with Crippen molar-refractivity contribution in [1.29, 1.82) is 0 Å². The minimum Gasteiger partial charge on any atom is -0.493 e. The number of halogens is 1. The van der Waals surface area contributed by atoms with Gasteiger partial charge in [-0.1, -0.05) is 13.8 Å². The van der Waals surface area contributed by atoms with E-state index < -0.39 is 0 Å². The number of nitrogens with zero attached hydrogens (tertiary/aromatic N) is 1. The fraction of sp³-hybridized carbons (Fsp3) is 0.200. The van der Waals surface area contributed by atoms with Crippen molar-refractivity contribution in [1.82, 2.24) is 4.98 Å². The first-order valence-corrected chi connectivity index (χ1v) is 9.15. The molecule has 2 aromatic carbocycles. The van der Waals surface area contributed by atoms with Crippen molar-refractivity contribution in [3.8, 4) is 16.3 Å². The standard InChI is InChI=1S/C20H19FN2O2S/c1-13(2)11-25-17-9-3-14(4-10-17)20-23-18(12-26-20)19(24)22-16-7-5-15(21)6-8-16/h3-10,12-13H,11H2,1-2H3,(H,22,24). The number of carbonyl (C=O) groups is 1. The highest BCUT2D eigenvalue weighted by atomic mass is 32.1. The molecule has 26 heavy (non-hydrogen) atoms. The summed E-state index contributed by atoms with van der Waals surface area (Å²) in [5.41, 5.74) is 1.78. The van der Waals surface area contributed by atoms with Gasteiger partial charge in [-0.15, -0.1) is 11.3 Å². The zero-order chi connectivity index (χ0) is 18.5. The number of benzene rings is 2. The lowest BCUT2D eigenvalue weighted by Gasteiger charge is -2.08. The molecule has 0 atom stereocenters. The molecule has 6 heteroatoms. The van der Waals surface area contributed by atoms with E-state index in [1.807, 2.05) is 24.3 Å². The fourth-order valence-corrected chi connectivity index (χ4v) is 3.00. The van der Waals surface area contributed by atoms with E-state index >= 15 is 0 Å². The van der Waals surface area contributed by atoms with Crippen LogP contribution in [0.1, 0.15) is 24.3 Å². The van der Waals surface area contributed by atoms with Gasteiger partial charge < -0.3 is 10.1 Å². The van der Waals surface area contributed by atoms with Gasteiger partial charge in [0.25, 0.3) is 5.91 Å². The van der Waals surface area contributed by atoms with Gasteiger partial charge in [-0.05, 0) is 54.4 Å².